The molecule has 0 aliphatic carbocycles. The number of carbonyl (C=O) groups is 1. The highest BCUT2D eigenvalue weighted by atomic mass is 79.9. The lowest BCUT2D eigenvalue weighted by atomic mass is 10.1. The first-order chi connectivity index (χ1) is 7.58. The molecule has 0 bridgehead atoms. The molecule has 0 aliphatic rings. The Morgan fingerprint density at radius 3 is 2.75 bits per heavy atom. The molecule has 1 amide bonds. The molecular formula is C12H16BrNO2. The number of amides is 1. The molecule has 2 N–H and O–H groups in total. The van der Waals surface area contributed by atoms with Crippen LogP contribution in [-0.4, -0.2) is 17.6 Å². The number of anilines is 1. The van der Waals surface area contributed by atoms with Crippen molar-refractivity contribution in [3.05, 3.63) is 28.2 Å². The fourth-order valence-electron chi connectivity index (χ4n) is 1.35. The van der Waals surface area contributed by atoms with E-state index in [2.05, 4.69) is 21.2 Å². The topological polar surface area (TPSA) is 49.3 Å². The first kappa shape index (κ1) is 13.2. The SMILES string of the molecule is CCC(CO)C(=O)Nc1ccc(C)cc1Br. The lowest BCUT2D eigenvalue weighted by molar-refractivity contribution is -0.121. The minimum atomic E-state index is -0.340. The van der Waals surface area contributed by atoms with Crippen LogP contribution in [0, 0.1) is 12.8 Å². The van der Waals surface area contributed by atoms with Crippen LogP contribution in [0.4, 0.5) is 5.69 Å². The second-order valence-corrected chi connectivity index (χ2v) is 4.61. The Bertz CT molecular complexity index is 375. The molecular weight excluding hydrogens is 270 g/mol. The van der Waals surface area contributed by atoms with Crippen LogP contribution in [-0.2, 0) is 4.79 Å². The molecule has 0 aromatic heterocycles. The number of aliphatic hydroxyl groups is 1. The zero-order valence-corrected chi connectivity index (χ0v) is 11.0. The standard InChI is InChI=1S/C12H16BrNO2/c1-3-9(7-15)12(16)14-11-5-4-8(2)6-10(11)13/h4-6,9,15H,3,7H2,1-2H3,(H,14,16). The summed E-state index contributed by atoms with van der Waals surface area (Å²) in [4.78, 5) is 11.7. The zero-order valence-electron chi connectivity index (χ0n) is 9.46. The average Bonchev–Trinajstić information content (AvgIpc) is 2.24. The molecule has 4 heteroatoms. The molecule has 1 rings (SSSR count). The lowest BCUT2D eigenvalue weighted by Crippen LogP contribution is -2.25. The first-order valence-corrected chi connectivity index (χ1v) is 6.05. The second kappa shape index (κ2) is 6.01. The van der Waals surface area contributed by atoms with Crippen molar-refractivity contribution in [3.8, 4) is 0 Å². The molecule has 1 aromatic rings. The number of nitrogens with one attached hydrogen (secondary N) is 1. The summed E-state index contributed by atoms with van der Waals surface area (Å²) in [6, 6.07) is 5.72. The minimum absolute atomic E-state index is 0.119. The van der Waals surface area contributed by atoms with E-state index in [-0.39, 0.29) is 18.4 Å². The third-order valence-corrected chi connectivity index (χ3v) is 3.12. The van der Waals surface area contributed by atoms with Gasteiger partial charge in [0, 0.05) is 4.47 Å². The van der Waals surface area contributed by atoms with Gasteiger partial charge in [-0.25, -0.2) is 0 Å². The number of aliphatic hydroxyl groups excluding tert-OH is 1. The zero-order chi connectivity index (χ0) is 12.1. The maximum atomic E-state index is 11.7. The largest absolute Gasteiger partial charge is 0.396 e. The number of benzene rings is 1. The number of hydrogen-bond acceptors (Lipinski definition) is 2. The van der Waals surface area contributed by atoms with Crippen molar-refractivity contribution in [2.45, 2.75) is 20.3 Å². The van der Waals surface area contributed by atoms with Gasteiger partial charge in [-0.2, -0.15) is 0 Å². The smallest absolute Gasteiger partial charge is 0.229 e. The second-order valence-electron chi connectivity index (χ2n) is 3.76. The fraction of sp³-hybridized carbons (Fsp3) is 0.417. The summed E-state index contributed by atoms with van der Waals surface area (Å²) in [6.07, 6.45) is 0.631. The number of halogens is 1. The molecule has 0 radical (unpaired) electrons. The van der Waals surface area contributed by atoms with Gasteiger partial charge in [-0.15, -0.1) is 0 Å². The Hall–Kier alpha value is -0.870. The van der Waals surface area contributed by atoms with Crippen molar-refractivity contribution in [1.29, 1.82) is 0 Å². The average molecular weight is 286 g/mol. The van der Waals surface area contributed by atoms with Crippen molar-refractivity contribution in [1.82, 2.24) is 0 Å². The number of carbonyl (C=O) groups excluding carboxylic acids is 1. The van der Waals surface area contributed by atoms with Gasteiger partial charge < -0.3 is 10.4 Å². The van der Waals surface area contributed by atoms with Crippen molar-refractivity contribution in [2.75, 3.05) is 11.9 Å². The van der Waals surface area contributed by atoms with E-state index in [4.69, 9.17) is 5.11 Å². The van der Waals surface area contributed by atoms with Gasteiger partial charge in [0.2, 0.25) is 5.91 Å². The molecule has 16 heavy (non-hydrogen) atoms. The highest BCUT2D eigenvalue weighted by Gasteiger charge is 2.15. The van der Waals surface area contributed by atoms with E-state index in [0.717, 1.165) is 15.7 Å². The van der Waals surface area contributed by atoms with E-state index in [1.807, 2.05) is 32.0 Å². The summed E-state index contributed by atoms with van der Waals surface area (Å²) in [6.45, 7) is 3.75. The van der Waals surface area contributed by atoms with Crippen molar-refractivity contribution < 1.29 is 9.90 Å². The molecule has 3 nitrogen and oxygen atoms in total. The summed E-state index contributed by atoms with van der Waals surface area (Å²) in [5.74, 6) is -0.484. The van der Waals surface area contributed by atoms with Crippen molar-refractivity contribution >= 4 is 27.5 Å². The predicted molar refractivity (Wildman–Crippen MR) is 68.4 cm³/mol. The Labute approximate surface area is 104 Å². The van der Waals surface area contributed by atoms with Crippen LogP contribution in [0.25, 0.3) is 0 Å². The van der Waals surface area contributed by atoms with Crippen LogP contribution >= 0.6 is 15.9 Å². The van der Waals surface area contributed by atoms with Gasteiger partial charge in [-0.3, -0.25) is 4.79 Å². The van der Waals surface area contributed by atoms with E-state index >= 15 is 0 Å². The van der Waals surface area contributed by atoms with Gasteiger partial charge in [0.1, 0.15) is 0 Å². The Kier molecular flexibility index (Phi) is 4.96. The summed E-state index contributed by atoms with van der Waals surface area (Å²) in [5.41, 5.74) is 1.86. The number of hydrogen-bond donors (Lipinski definition) is 2. The molecule has 88 valence electrons. The molecule has 0 fully saturated rings. The monoisotopic (exact) mass is 285 g/mol. The van der Waals surface area contributed by atoms with Crippen molar-refractivity contribution in [3.63, 3.8) is 0 Å². The molecule has 0 saturated carbocycles. The van der Waals surface area contributed by atoms with Gasteiger partial charge in [-0.05, 0) is 47.0 Å². The van der Waals surface area contributed by atoms with Crippen LogP contribution < -0.4 is 5.32 Å². The van der Waals surface area contributed by atoms with Crippen LogP contribution in [0.15, 0.2) is 22.7 Å². The maximum Gasteiger partial charge on any atom is 0.229 e. The quantitative estimate of drug-likeness (QED) is 0.894. The van der Waals surface area contributed by atoms with Crippen LogP contribution in [0.1, 0.15) is 18.9 Å². The number of aryl methyl sites for hydroxylation is 1. The molecule has 0 spiro atoms. The van der Waals surface area contributed by atoms with Gasteiger partial charge in [0.25, 0.3) is 0 Å². The van der Waals surface area contributed by atoms with E-state index in [0.29, 0.717) is 6.42 Å². The third-order valence-electron chi connectivity index (χ3n) is 2.47. The van der Waals surface area contributed by atoms with Crippen LogP contribution in [0.5, 0.6) is 0 Å². The highest BCUT2D eigenvalue weighted by molar-refractivity contribution is 9.10. The highest BCUT2D eigenvalue weighted by Crippen LogP contribution is 2.24. The fourth-order valence-corrected chi connectivity index (χ4v) is 1.95. The first-order valence-electron chi connectivity index (χ1n) is 5.26. The van der Waals surface area contributed by atoms with Crippen LogP contribution in [0.3, 0.4) is 0 Å². The lowest BCUT2D eigenvalue weighted by Gasteiger charge is -2.13. The molecule has 1 atom stereocenters. The predicted octanol–water partition coefficient (Wildman–Crippen LogP) is 2.71. The Morgan fingerprint density at radius 2 is 2.25 bits per heavy atom. The summed E-state index contributed by atoms with van der Waals surface area (Å²) in [7, 11) is 0. The Morgan fingerprint density at radius 1 is 1.56 bits per heavy atom. The van der Waals surface area contributed by atoms with E-state index in [1.165, 1.54) is 0 Å². The van der Waals surface area contributed by atoms with Gasteiger partial charge in [-0.1, -0.05) is 13.0 Å². The van der Waals surface area contributed by atoms with Crippen LogP contribution in [0.2, 0.25) is 0 Å². The maximum absolute atomic E-state index is 11.7. The molecule has 1 aromatic carbocycles. The summed E-state index contributed by atoms with van der Waals surface area (Å²) in [5, 5.41) is 11.8. The molecule has 0 aliphatic heterocycles. The van der Waals surface area contributed by atoms with Gasteiger partial charge >= 0.3 is 0 Å². The van der Waals surface area contributed by atoms with E-state index in [9.17, 15) is 4.79 Å². The molecule has 0 saturated heterocycles. The van der Waals surface area contributed by atoms with E-state index in [1.54, 1.807) is 0 Å². The summed E-state index contributed by atoms with van der Waals surface area (Å²) >= 11 is 3.39. The third kappa shape index (κ3) is 3.32. The van der Waals surface area contributed by atoms with Gasteiger partial charge in [0.05, 0.1) is 18.2 Å². The van der Waals surface area contributed by atoms with Crippen molar-refractivity contribution in [2.24, 2.45) is 5.92 Å². The van der Waals surface area contributed by atoms with Gasteiger partial charge in [0.15, 0.2) is 0 Å². The molecule has 1 unspecified atom stereocenters. The normalized spacial score (nSPS) is 12.2. The van der Waals surface area contributed by atoms with E-state index < -0.39 is 0 Å². The minimum Gasteiger partial charge on any atom is -0.396 e. The Balaban J connectivity index is 2.76. The summed E-state index contributed by atoms with van der Waals surface area (Å²) < 4.78 is 0.855. The number of rotatable bonds is 4. The molecule has 0 heterocycles.